The molecule has 0 spiro atoms. The van der Waals surface area contributed by atoms with E-state index < -0.39 is 0 Å². The Balaban J connectivity index is 1.76. The minimum atomic E-state index is -0.344. The summed E-state index contributed by atoms with van der Waals surface area (Å²) in [6.07, 6.45) is 1.02. The van der Waals surface area contributed by atoms with Crippen molar-refractivity contribution in [1.82, 2.24) is 19.3 Å². The van der Waals surface area contributed by atoms with E-state index in [2.05, 4.69) is 21.7 Å². The van der Waals surface area contributed by atoms with E-state index in [1.165, 1.54) is 17.8 Å². The maximum Gasteiger partial charge on any atom is 0.191 e. The van der Waals surface area contributed by atoms with Crippen LogP contribution >= 0.6 is 11.8 Å². The maximum absolute atomic E-state index is 14.0. The second-order valence-corrected chi connectivity index (χ2v) is 7.44. The van der Waals surface area contributed by atoms with Crippen LogP contribution in [0, 0.1) is 19.7 Å². The molecular weight excluding hydrogens is 363 g/mol. The van der Waals surface area contributed by atoms with Crippen molar-refractivity contribution in [1.29, 1.82) is 0 Å². The number of nitrogens with zero attached hydrogens (tertiary/aromatic N) is 4. The molecule has 5 nitrogen and oxygen atoms in total. The fourth-order valence-corrected chi connectivity index (χ4v) is 3.97. The number of ketones is 1. The zero-order valence-corrected chi connectivity index (χ0v) is 16.8. The van der Waals surface area contributed by atoms with Gasteiger partial charge in [-0.15, -0.1) is 10.2 Å². The average molecular weight is 386 g/mol. The van der Waals surface area contributed by atoms with E-state index in [1.807, 2.05) is 19.9 Å². The predicted molar refractivity (Wildman–Crippen MR) is 106 cm³/mol. The molecule has 1 aromatic carbocycles. The third kappa shape index (κ3) is 3.83. The number of aromatic nitrogens is 4. The standard InChI is InChI=1S/C20H23FN4OS/c1-5-10-25-13(2)11-16(14(25)3)18(26)12-27-20-23-22-19(24(20)4)15-8-6-7-9-17(15)21/h6-9,11H,5,10,12H2,1-4H3. The van der Waals surface area contributed by atoms with Gasteiger partial charge in [-0.1, -0.05) is 30.8 Å². The summed E-state index contributed by atoms with van der Waals surface area (Å²) in [7, 11) is 1.78. The molecule has 2 heterocycles. The molecular formula is C20H23FN4OS. The van der Waals surface area contributed by atoms with E-state index in [0.717, 1.165) is 29.9 Å². The van der Waals surface area contributed by atoms with Crippen molar-refractivity contribution < 1.29 is 9.18 Å². The molecule has 0 saturated heterocycles. The molecule has 2 aromatic heterocycles. The van der Waals surface area contributed by atoms with Gasteiger partial charge in [-0.2, -0.15) is 0 Å². The highest BCUT2D eigenvalue weighted by Crippen LogP contribution is 2.26. The van der Waals surface area contributed by atoms with Crippen molar-refractivity contribution in [3.63, 3.8) is 0 Å². The van der Waals surface area contributed by atoms with Gasteiger partial charge in [0, 0.05) is 30.5 Å². The zero-order valence-electron chi connectivity index (χ0n) is 16.0. The van der Waals surface area contributed by atoms with Crippen molar-refractivity contribution in [3.05, 3.63) is 53.1 Å². The number of carbonyl (C=O) groups excluding carboxylic acids is 1. The molecule has 0 N–H and O–H groups in total. The molecule has 7 heteroatoms. The van der Waals surface area contributed by atoms with Gasteiger partial charge >= 0.3 is 0 Å². The van der Waals surface area contributed by atoms with Gasteiger partial charge in [0.2, 0.25) is 0 Å². The minimum Gasteiger partial charge on any atom is -0.348 e. The van der Waals surface area contributed by atoms with Crippen LogP contribution in [-0.4, -0.2) is 30.9 Å². The Kier molecular flexibility index (Phi) is 5.79. The normalized spacial score (nSPS) is 11.1. The predicted octanol–water partition coefficient (Wildman–Crippen LogP) is 4.42. The highest BCUT2D eigenvalue weighted by atomic mass is 32.2. The summed E-state index contributed by atoms with van der Waals surface area (Å²) in [6, 6.07) is 8.41. The van der Waals surface area contributed by atoms with Gasteiger partial charge in [-0.25, -0.2) is 4.39 Å². The fraction of sp³-hybridized carbons (Fsp3) is 0.350. The van der Waals surface area contributed by atoms with E-state index >= 15 is 0 Å². The quantitative estimate of drug-likeness (QED) is 0.445. The van der Waals surface area contributed by atoms with Crippen LogP contribution in [0.3, 0.4) is 0 Å². The molecule has 0 aliphatic carbocycles. The van der Waals surface area contributed by atoms with E-state index in [9.17, 15) is 9.18 Å². The molecule has 0 bridgehead atoms. The number of hydrogen-bond acceptors (Lipinski definition) is 4. The largest absolute Gasteiger partial charge is 0.348 e. The fourth-order valence-electron chi connectivity index (χ4n) is 3.18. The third-order valence-electron chi connectivity index (χ3n) is 4.60. The molecule has 142 valence electrons. The molecule has 27 heavy (non-hydrogen) atoms. The first-order valence-electron chi connectivity index (χ1n) is 8.91. The Morgan fingerprint density at radius 1 is 1.22 bits per heavy atom. The minimum absolute atomic E-state index is 0.0610. The number of halogens is 1. The number of thioether (sulfide) groups is 1. The zero-order chi connectivity index (χ0) is 19.6. The SMILES string of the molecule is CCCn1c(C)cc(C(=O)CSc2nnc(-c3ccccc3F)n2C)c1C. The van der Waals surface area contributed by atoms with E-state index in [4.69, 9.17) is 0 Å². The summed E-state index contributed by atoms with van der Waals surface area (Å²) in [6.45, 7) is 7.04. The lowest BCUT2D eigenvalue weighted by Crippen LogP contribution is -2.07. The van der Waals surface area contributed by atoms with Crippen molar-refractivity contribution in [2.75, 3.05) is 5.75 Å². The summed E-state index contributed by atoms with van der Waals surface area (Å²) >= 11 is 1.32. The number of rotatable bonds is 7. The maximum atomic E-state index is 14.0. The molecule has 0 fully saturated rings. The number of benzene rings is 1. The molecule has 0 amide bonds. The van der Waals surface area contributed by atoms with Gasteiger partial charge in [0.1, 0.15) is 5.82 Å². The first-order valence-corrected chi connectivity index (χ1v) is 9.89. The van der Waals surface area contributed by atoms with Gasteiger partial charge in [0.05, 0.1) is 11.3 Å². The summed E-state index contributed by atoms with van der Waals surface area (Å²) in [5.41, 5.74) is 3.26. The lowest BCUT2D eigenvalue weighted by atomic mass is 10.2. The lowest BCUT2D eigenvalue weighted by Gasteiger charge is -2.07. The van der Waals surface area contributed by atoms with Gasteiger partial charge in [-0.3, -0.25) is 4.79 Å². The molecule has 0 aliphatic heterocycles. The summed E-state index contributed by atoms with van der Waals surface area (Å²) in [5.74, 6) is 0.429. The van der Waals surface area contributed by atoms with Crippen LogP contribution in [0.2, 0.25) is 0 Å². The van der Waals surface area contributed by atoms with Crippen molar-refractivity contribution in [2.45, 2.75) is 38.9 Å². The van der Waals surface area contributed by atoms with Gasteiger partial charge in [-0.05, 0) is 38.5 Å². The molecule has 0 unspecified atom stereocenters. The van der Waals surface area contributed by atoms with Crippen LogP contribution in [0.15, 0.2) is 35.5 Å². The topological polar surface area (TPSA) is 52.7 Å². The highest BCUT2D eigenvalue weighted by molar-refractivity contribution is 7.99. The van der Waals surface area contributed by atoms with Crippen LogP contribution in [0.25, 0.3) is 11.4 Å². The molecule has 3 rings (SSSR count). The summed E-state index contributed by atoms with van der Waals surface area (Å²) in [4.78, 5) is 12.7. The Bertz CT molecular complexity index is 977. The summed E-state index contributed by atoms with van der Waals surface area (Å²) in [5, 5.41) is 8.81. The lowest BCUT2D eigenvalue weighted by molar-refractivity contribution is 0.102. The Labute approximate surface area is 162 Å². The van der Waals surface area contributed by atoms with Gasteiger partial charge < -0.3 is 9.13 Å². The smallest absolute Gasteiger partial charge is 0.191 e. The number of aryl methyl sites for hydroxylation is 1. The monoisotopic (exact) mass is 386 g/mol. The Hall–Kier alpha value is -2.41. The molecule has 0 atom stereocenters. The average Bonchev–Trinajstić information content (AvgIpc) is 3.15. The van der Waals surface area contributed by atoms with E-state index in [-0.39, 0.29) is 17.4 Å². The van der Waals surface area contributed by atoms with Crippen LogP contribution in [-0.2, 0) is 13.6 Å². The second kappa shape index (κ2) is 8.08. The van der Waals surface area contributed by atoms with Crippen LogP contribution < -0.4 is 0 Å². The van der Waals surface area contributed by atoms with E-state index in [0.29, 0.717) is 16.5 Å². The molecule has 3 aromatic rings. The van der Waals surface area contributed by atoms with Crippen molar-refractivity contribution >= 4 is 17.5 Å². The first-order chi connectivity index (χ1) is 12.9. The number of Topliss-reactive ketones (excluding diaryl/α,β-unsaturated/α-hetero) is 1. The molecule has 0 saturated carbocycles. The third-order valence-corrected chi connectivity index (χ3v) is 5.62. The van der Waals surface area contributed by atoms with Crippen LogP contribution in [0.5, 0.6) is 0 Å². The van der Waals surface area contributed by atoms with Crippen LogP contribution in [0.4, 0.5) is 4.39 Å². The van der Waals surface area contributed by atoms with Crippen molar-refractivity contribution in [2.24, 2.45) is 7.05 Å². The Morgan fingerprint density at radius 3 is 2.67 bits per heavy atom. The highest BCUT2D eigenvalue weighted by Gasteiger charge is 2.18. The number of carbonyl (C=O) groups is 1. The first kappa shape index (κ1) is 19.4. The van der Waals surface area contributed by atoms with Crippen LogP contribution in [0.1, 0.15) is 35.1 Å². The Morgan fingerprint density at radius 2 is 1.96 bits per heavy atom. The second-order valence-electron chi connectivity index (χ2n) is 6.49. The van der Waals surface area contributed by atoms with Crippen molar-refractivity contribution in [3.8, 4) is 11.4 Å². The van der Waals surface area contributed by atoms with Gasteiger partial charge in [0.15, 0.2) is 16.8 Å². The van der Waals surface area contributed by atoms with Gasteiger partial charge in [0.25, 0.3) is 0 Å². The number of hydrogen-bond donors (Lipinski definition) is 0. The molecule has 0 radical (unpaired) electrons. The van der Waals surface area contributed by atoms with E-state index in [1.54, 1.807) is 29.8 Å². The summed E-state index contributed by atoms with van der Waals surface area (Å²) < 4.78 is 17.9. The molecule has 0 aliphatic rings.